The molecule has 4 nitrogen and oxygen atoms in total. The van der Waals surface area contributed by atoms with E-state index in [-0.39, 0.29) is 0 Å². The minimum absolute atomic E-state index is 0.587. The van der Waals surface area contributed by atoms with E-state index in [9.17, 15) is 0 Å². The van der Waals surface area contributed by atoms with Crippen molar-refractivity contribution in [3.05, 3.63) is 0 Å². The second-order valence-electron chi connectivity index (χ2n) is 4.73. The molecule has 0 bridgehead atoms. The molecule has 1 saturated heterocycles. The average Bonchev–Trinajstić information content (AvgIpc) is 2.57. The van der Waals surface area contributed by atoms with E-state index < -0.39 is 0 Å². The molecule has 1 rings (SSSR count). The fraction of sp³-hybridized carbons (Fsp3) is 1.00. The summed E-state index contributed by atoms with van der Waals surface area (Å²) < 4.78 is 10.7. The Labute approximate surface area is 99.1 Å². The van der Waals surface area contributed by atoms with Gasteiger partial charge in [-0.3, -0.25) is 0 Å². The lowest BCUT2D eigenvalue weighted by Gasteiger charge is -2.15. The molecule has 0 amide bonds. The molecule has 1 fully saturated rings. The lowest BCUT2D eigenvalue weighted by Crippen LogP contribution is -2.26. The third-order valence-corrected chi connectivity index (χ3v) is 3.25. The lowest BCUT2D eigenvalue weighted by molar-refractivity contribution is 0.0429. The SMILES string of the molecule is CC1CN(CCOCCOCCN)CC1C. The van der Waals surface area contributed by atoms with Crippen molar-refractivity contribution in [2.24, 2.45) is 17.6 Å². The normalized spacial score (nSPS) is 26.4. The van der Waals surface area contributed by atoms with Crippen LogP contribution in [0.5, 0.6) is 0 Å². The highest BCUT2D eigenvalue weighted by Gasteiger charge is 2.25. The van der Waals surface area contributed by atoms with Crippen molar-refractivity contribution >= 4 is 0 Å². The van der Waals surface area contributed by atoms with Crippen molar-refractivity contribution in [2.75, 3.05) is 52.6 Å². The zero-order chi connectivity index (χ0) is 11.8. The zero-order valence-electron chi connectivity index (χ0n) is 10.7. The first kappa shape index (κ1) is 13.9. The quantitative estimate of drug-likeness (QED) is 0.619. The van der Waals surface area contributed by atoms with E-state index in [4.69, 9.17) is 15.2 Å². The van der Waals surface area contributed by atoms with E-state index in [1.807, 2.05) is 0 Å². The second-order valence-corrected chi connectivity index (χ2v) is 4.73. The third kappa shape index (κ3) is 5.25. The molecule has 0 aliphatic carbocycles. The summed E-state index contributed by atoms with van der Waals surface area (Å²) in [5, 5.41) is 0. The van der Waals surface area contributed by atoms with Gasteiger partial charge in [0.25, 0.3) is 0 Å². The summed E-state index contributed by atoms with van der Waals surface area (Å²) in [6.45, 7) is 11.5. The van der Waals surface area contributed by atoms with Crippen molar-refractivity contribution in [3.63, 3.8) is 0 Å². The molecular weight excluding hydrogens is 204 g/mol. The van der Waals surface area contributed by atoms with Crippen molar-refractivity contribution in [3.8, 4) is 0 Å². The van der Waals surface area contributed by atoms with E-state index >= 15 is 0 Å². The highest BCUT2D eigenvalue weighted by atomic mass is 16.5. The Morgan fingerprint density at radius 3 is 2.12 bits per heavy atom. The fourth-order valence-corrected chi connectivity index (χ4v) is 2.03. The summed E-state index contributed by atoms with van der Waals surface area (Å²) in [6.07, 6.45) is 0. The molecule has 1 aliphatic rings. The Morgan fingerprint density at radius 2 is 1.56 bits per heavy atom. The molecule has 1 aliphatic heterocycles. The summed E-state index contributed by atoms with van der Waals surface area (Å²) in [7, 11) is 0. The molecular formula is C12H26N2O2. The predicted octanol–water partition coefficient (Wildman–Crippen LogP) is 0.566. The lowest BCUT2D eigenvalue weighted by atomic mass is 10.0. The molecule has 96 valence electrons. The Kier molecular flexibility index (Phi) is 6.96. The monoisotopic (exact) mass is 230 g/mol. The molecule has 0 radical (unpaired) electrons. The fourth-order valence-electron chi connectivity index (χ4n) is 2.03. The predicted molar refractivity (Wildman–Crippen MR) is 65.5 cm³/mol. The van der Waals surface area contributed by atoms with Gasteiger partial charge in [0.2, 0.25) is 0 Å². The van der Waals surface area contributed by atoms with E-state index in [0.717, 1.165) is 25.0 Å². The molecule has 4 heteroatoms. The van der Waals surface area contributed by atoms with Crippen LogP contribution >= 0.6 is 0 Å². The van der Waals surface area contributed by atoms with Crippen LogP contribution in [0.15, 0.2) is 0 Å². The van der Waals surface area contributed by atoms with Gasteiger partial charge in [0, 0.05) is 26.2 Å². The Balaban J connectivity index is 1.88. The Morgan fingerprint density at radius 1 is 1.00 bits per heavy atom. The average molecular weight is 230 g/mol. The molecule has 0 spiro atoms. The maximum atomic E-state index is 5.51. The van der Waals surface area contributed by atoms with Crippen molar-refractivity contribution in [2.45, 2.75) is 13.8 Å². The summed E-state index contributed by atoms with van der Waals surface area (Å²) in [4.78, 5) is 2.48. The number of rotatable bonds is 8. The van der Waals surface area contributed by atoms with Crippen molar-refractivity contribution in [1.82, 2.24) is 4.90 Å². The standard InChI is InChI=1S/C12H26N2O2/c1-11-9-14(10-12(11)2)4-6-16-8-7-15-5-3-13/h11-12H,3-10,13H2,1-2H3. The number of ether oxygens (including phenoxy) is 2. The first-order chi connectivity index (χ1) is 7.74. The molecule has 2 N–H and O–H groups in total. The van der Waals surface area contributed by atoms with Crippen molar-refractivity contribution in [1.29, 1.82) is 0 Å². The highest BCUT2D eigenvalue weighted by Crippen LogP contribution is 2.21. The van der Waals surface area contributed by atoms with Gasteiger partial charge in [0.05, 0.1) is 26.4 Å². The smallest absolute Gasteiger partial charge is 0.0701 e. The van der Waals surface area contributed by atoms with Crippen LogP contribution in [-0.2, 0) is 9.47 Å². The van der Waals surface area contributed by atoms with Gasteiger partial charge in [-0.2, -0.15) is 0 Å². The van der Waals surface area contributed by atoms with Crippen LogP contribution in [0.25, 0.3) is 0 Å². The van der Waals surface area contributed by atoms with Crippen LogP contribution < -0.4 is 5.73 Å². The number of hydrogen-bond acceptors (Lipinski definition) is 4. The first-order valence-corrected chi connectivity index (χ1v) is 6.32. The van der Waals surface area contributed by atoms with Crippen LogP contribution in [0.4, 0.5) is 0 Å². The molecule has 16 heavy (non-hydrogen) atoms. The first-order valence-electron chi connectivity index (χ1n) is 6.32. The summed E-state index contributed by atoms with van der Waals surface area (Å²) in [5.74, 6) is 1.65. The molecule has 1 heterocycles. The van der Waals surface area contributed by atoms with Gasteiger partial charge in [-0.15, -0.1) is 0 Å². The number of nitrogens with zero attached hydrogens (tertiary/aromatic N) is 1. The van der Waals surface area contributed by atoms with Gasteiger partial charge in [-0.25, -0.2) is 0 Å². The van der Waals surface area contributed by atoms with E-state index in [0.29, 0.717) is 26.4 Å². The minimum Gasteiger partial charge on any atom is -0.378 e. The number of hydrogen-bond donors (Lipinski definition) is 1. The minimum atomic E-state index is 0.587. The topological polar surface area (TPSA) is 47.7 Å². The van der Waals surface area contributed by atoms with Gasteiger partial charge in [-0.1, -0.05) is 13.8 Å². The molecule has 0 aromatic rings. The zero-order valence-corrected chi connectivity index (χ0v) is 10.7. The van der Waals surface area contributed by atoms with E-state index in [1.54, 1.807) is 0 Å². The second kappa shape index (κ2) is 8.01. The van der Waals surface area contributed by atoms with Crippen LogP contribution in [0.2, 0.25) is 0 Å². The van der Waals surface area contributed by atoms with E-state index in [1.165, 1.54) is 13.1 Å². The molecule has 2 atom stereocenters. The number of likely N-dealkylation sites (tertiary alicyclic amines) is 1. The van der Waals surface area contributed by atoms with Gasteiger partial charge in [0.1, 0.15) is 0 Å². The largest absolute Gasteiger partial charge is 0.378 e. The molecule has 0 aromatic heterocycles. The molecule has 0 saturated carbocycles. The van der Waals surface area contributed by atoms with Crippen LogP contribution in [0.3, 0.4) is 0 Å². The van der Waals surface area contributed by atoms with Crippen molar-refractivity contribution < 1.29 is 9.47 Å². The van der Waals surface area contributed by atoms with Gasteiger partial charge in [0.15, 0.2) is 0 Å². The van der Waals surface area contributed by atoms with Crippen LogP contribution in [0, 0.1) is 11.8 Å². The van der Waals surface area contributed by atoms with Crippen LogP contribution in [0.1, 0.15) is 13.8 Å². The Bertz CT molecular complexity index is 168. The molecule has 0 aromatic carbocycles. The number of nitrogens with two attached hydrogens (primary N) is 1. The maximum Gasteiger partial charge on any atom is 0.0701 e. The van der Waals surface area contributed by atoms with Gasteiger partial charge >= 0.3 is 0 Å². The maximum absolute atomic E-state index is 5.51. The van der Waals surface area contributed by atoms with Gasteiger partial charge < -0.3 is 20.1 Å². The summed E-state index contributed by atoms with van der Waals surface area (Å²) in [6, 6.07) is 0. The summed E-state index contributed by atoms with van der Waals surface area (Å²) >= 11 is 0. The third-order valence-electron chi connectivity index (χ3n) is 3.25. The van der Waals surface area contributed by atoms with Crippen LogP contribution in [-0.4, -0.2) is 57.5 Å². The van der Waals surface area contributed by atoms with E-state index in [2.05, 4.69) is 18.7 Å². The Hall–Kier alpha value is -0.160. The molecule has 2 unspecified atom stereocenters. The highest BCUT2D eigenvalue weighted by molar-refractivity contribution is 4.77. The summed E-state index contributed by atoms with van der Waals surface area (Å²) in [5.41, 5.74) is 5.31. The van der Waals surface area contributed by atoms with Gasteiger partial charge in [-0.05, 0) is 11.8 Å².